The summed E-state index contributed by atoms with van der Waals surface area (Å²) in [6, 6.07) is 0.547. The Labute approximate surface area is 93.0 Å². The van der Waals surface area contributed by atoms with E-state index in [4.69, 9.17) is 0 Å². The number of likely N-dealkylation sites (tertiary alicyclic amines) is 1. The van der Waals surface area contributed by atoms with Crippen molar-refractivity contribution in [2.24, 2.45) is 11.8 Å². The second-order valence-electron chi connectivity index (χ2n) is 5.32. The third-order valence-corrected chi connectivity index (χ3v) is 4.39. The van der Waals surface area contributed by atoms with Crippen LogP contribution in [0.5, 0.6) is 0 Å². The first-order valence-corrected chi connectivity index (χ1v) is 6.47. The van der Waals surface area contributed by atoms with Gasteiger partial charge < -0.3 is 9.69 Å². The van der Waals surface area contributed by atoms with Crippen LogP contribution < -0.4 is 0 Å². The van der Waals surface area contributed by atoms with Gasteiger partial charge in [0.05, 0.1) is 0 Å². The molecule has 0 spiro atoms. The zero-order chi connectivity index (χ0) is 10.7. The van der Waals surface area contributed by atoms with E-state index >= 15 is 0 Å². The molecule has 2 fully saturated rings. The van der Waals surface area contributed by atoms with Crippen LogP contribution >= 0.6 is 0 Å². The molecule has 3 atom stereocenters. The molecule has 1 saturated carbocycles. The van der Waals surface area contributed by atoms with Crippen molar-refractivity contribution in [3.05, 3.63) is 0 Å². The van der Waals surface area contributed by atoms with Crippen molar-refractivity contribution in [3.63, 3.8) is 0 Å². The molecule has 0 radical (unpaired) electrons. The van der Waals surface area contributed by atoms with E-state index in [9.17, 15) is 4.79 Å². The lowest BCUT2D eigenvalue weighted by Crippen LogP contribution is -2.30. The minimum absolute atomic E-state index is 0.547. The highest BCUT2D eigenvalue weighted by molar-refractivity contribution is 5.50. The Balaban J connectivity index is 2.02. The third-order valence-electron chi connectivity index (χ3n) is 4.39. The highest BCUT2D eigenvalue weighted by Crippen LogP contribution is 2.38. The number of hydrogen-bond donors (Lipinski definition) is 0. The van der Waals surface area contributed by atoms with Crippen LogP contribution in [0.3, 0.4) is 0 Å². The normalized spacial score (nSPS) is 38.1. The van der Waals surface area contributed by atoms with Gasteiger partial charge in [-0.25, -0.2) is 0 Å². The smallest absolute Gasteiger partial charge is 0.121 e. The van der Waals surface area contributed by atoms with Gasteiger partial charge >= 0.3 is 0 Å². The molecule has 0 N–H and O–H groups in total. The summed E-state index contributed by atoms with van der Waals surface area (Å²) in [6.45, 7) is 1.23. The maximum atomic E-state index is 10.7. The average Bonchev–Trinajstić information content (AvgIpc) is 2.45. The fourth-order valence-electron chi connectivity index (χ4n) is 3.61. The summed E-state index contributed by atoms with van der Waals surface area (Å²) < 4.78 is 0. The average molecular weight is 209 g/mol. The molecule has 86 valence electrons. The molecule has 0 bridgehead atoms. The van der Waals surface area contributed by atoms with Gasteiger partial charge in [0.1, 0.15) is 6.29 Å². The van der Waals surface area contributed by atoms with E-state index < -0.39 is 0 Å². The lowest BCUT2D eigenvalue weighted by atomic mass is 9.80. The Morgan fingerprint density at radius 2 is 1.93 bits per heavy atom. The van der Waals surface area contributed by atoms with Crippen LogP contribution in [0.2, 0.25) is 0 Å². The predicted molar refractivity (Wildman–Crippen MR) is 61.8 cm³/mol. The van der Waals surface area contributed by atoms with Crippen molar-refractivity contribution < 1.29 is 4.79 Å². The van der Waals surface area contributed by atoms with Gasteiger partial charge in [0, 0.05) is 19.0 Å². The molecular formula is C13H23NO. The number of rotatable bonds is 2. The van der Waals surface area contributed by atoms with Gasteiger partial charge in [0.2, 0.25) is 0 Å². The largest absolute Gasteiger partial charge is 0.303 e. The molecule has 0 aromatic carbocycles. The summed E-state index contributed by atoms with van der Waals surface area (Å²) >= 11 is 0. The molecule has 2 heteroatoms. The zero-order valence-corrected chi connectivity index (χ0v) is 9.82. The molecule has 15 heavy (non-hydrogen) atoms. The Morgan fingerprint density at radius 3 is 2.67 bits per heavy atom. The van der Waals surface area contributed by atoms with Gasteiger partial charge in [-0.05, 0) is 31.7 Å². The molecule has 0 amide bonds. The molecule has 1 aliphatic carbocycles. The van der Waals surface area contributed by atoms with Gasteiger partial charge in [-0.1, -0.05) is 25.7 Å². The fraction of sp³-hybridized carbons (Fsp3) is 0.923. The molecule has 0 aromatic rings. The molecule has 0 aromatic heterocycles. The van der Waals surface area contributed by atoms with Crippen molar-refractivity contribution in [1.29, 1.82) is 0 Å². The maximum absolute atomic E-state index is 10.7. The Hall–Kier alpha value is -0.370. The van der Waals surface area contributed by atoms with Crippen LogP contribution in [0.4, 0.5) is 0 Å². The van der Waals surface area contributed by atoms with Crippen LogP contribution in [-0.2, 0) is 4.79 Å². The summed E-state index contributed by atoms with van der Waals surface area (Å²) in [4.78, 5) is 13.1. The van der Waals surface area contributed by atoms with Crippen LogP contribution in [0, 0.1) is 11.8 Å². The molecular weight excluding hydrogens is 186 g/mol. The Kier molecular flexibility index (Phi) is 3.79. The summed E-state index contributed by atoms with van der Waals surface area (Å²) in [5.74, 6) is 1.68. The van der Waals surface area contributed by atoms with Gasteiger partial charge in [-0.3, -0.25) is 0 Å². The van der Waals surface area contributed by atoms with E-state index in [1.54, 1.807) is 0 Å². The van der Waals surface area contributed by atoms with Crippen molar-refractivity contribution in [3.8, 4) is 0 Å². The lowest BCUT2D eigenvalue weighted by molar-refractivity contribution is -0.108. The summed E-state index contributed by atoms with van der Waals surface area (Å²) in [5, 5.41) is 0. The third kappa shape index (κ3) is 2.41. The van der Waals surface area contributed by atoms with E-state index in [2.05, 4.69) is 11.9 Å². The number of hydrogen-bond acceptors (Lipinski definition) is 2. The number of fused-ring (bicyclic) bond motifs is 1. The molecule has 1 aliphatic heterocycles. The highest BCUT2D eigenvalue weighted by atomic mass is 16.1. The van der Waals surface area contributed by atoms with E-state index in [1.807, 2.05) is 0 Å². The van der Waals surface area contributed by atoms with Crippen molar-refractivity contribution in [1.82, 2.24) is 4.90 Å². The number of nitrogens with zero attached hydrogens (tertiary/aromatic N) is 1. The Morgan fingerprint density at radius 1 is 1.20 bits per heavy atom. The first kappa shape index (κ1) is 11.1. The van der Waals surface area contributed by atoms with E-state index in [-0.39, 0.29) is 0 Å². The molecule has 1 saturated heterocycles. The first-order chi connectivity index (χ1) is 7.33. The van der Waals surface area contributed by atoms with Crippen LogP contribution in [0.25, 0.3) is 0 Å². The maximum Gasteiger partial charge on any atom is 0.121 e. The Bertz CT molecular complexity index is 217. The van der Waals surface area contributed by atoms with Gasteiger partial charge in [-0.2, -0.15) is 0 Å². The van der Waals surface area contributed by atoms with Gasteiger partial charge in [0.25, 0.3) is 0 Å². The molecule has 3 unspecified atom stereocenters. The summed E-state index contributed by atoms with van der Waals surface area (Å²) in [7, 11) is 2.19. The van der Waals surface area contributed by atoms with Crippen LogP contribution in [0.1, 0.15) is 44.9 Å². The van der Waals surface area contributed by atoms with E-state index in [0.29, 0.717) is 6.04 Å². The van der Waals surface area contributed by atoms with Crippen molar-refractivity contribution >= 4 is 6.29 Å². The van der Waals surface area contributed by atoms with Gasteiger partial charge in [-0.15, -0.1) is 0 Å². The molecule has 2 rings (SSSR count). The van der Waals surface area contributed by atoms with Crippen molar-refractivity contribution in [2.45, 2.75) is 51.0 Å². The quantitative estimate of drug-likeness (QED) is 0.651. The summed E-state index contributed by atoms with van der Waals surface area (Å²) in [6.07, 6.45) is 10.2. The zero-order valence-electron chi connectivity index (χ0n) is 9.82. The van der Waals surface area contributed by atoms with E-state index in [1.165, 1.54) is 45.1 Å². The molecule has 1 heterocycles. The minimum atomic E-state index is 0.547. The van der Waals surface area contributed by atoms with E-state index in [0.717, 1.165) is 24.5 Å². The molecule has 2 nitrogen and oxygen atoms in total. The minimum Gasteiger partial charge on any atom is -0.303 e. The number of carbonyl (C=O) groups is 1. The van der Waals surface area contributed by atoms with Gasteiger partial charge in [0.15, 0.2) is 0 Å². The standard InChI is InChI=1S/C13H23NO/c1-14-10-11-6-4-2-3-5-7-12(11)13(14)8-9-15/h9,11-13H,2-8,10H2,1H3. The van der Waals surface area contributed by atoms with Crippen molar-refractivity contribution in [2.75, 3.05) is 13.6 Å². The highest BCUT2D eigenvalue weighted by Gasteiger charge is 2.38. The first-order valence-electron chi connectivity index (χ1n) is 6.47. The number of carbonyl (C=O) groups excluding carboxylic acids is 1. The van der Waals surface area contributed by atoms with Crippen LogP contribution in [0.15, 0.2) is 0 Å². The SMILES string of the molecule is CN1CC2CCCCCCC2C1CC=O. The lowest BCUT2D eigenvalue weighted by Gasteiger charge is -2.26. The molecule has 2 aliphatic rings. The van der Waals surface area contributed by atoms with Crippen LogP contribution in [-0.4, -0.2) is 30.8 Å². The fourth-order valence-corrected chi connectivity index (χ4v) is 3.61. The number of aldehydes is 1. The predicted octanol–water partition coefficient (Wildman–Crippen LogP) is 2.48. The second-order valence-corrected chi connectivity index (χ2v) is 5.32. The second kappa shape index (κ2) is 5.11. The topological polar surface area (TPSA) is 20.3 Å². The monoisotopic (exact) mass is 209 g/mol. The summed E-state index contributed by atoms with van der Waals surface area (Å²) in [5.41, 5.74) is 0.